The summed E-state index contributed by atoms with van der Waals surface area (Å²) in [6.07, 6.45) is 4.42. The van der Waals surface area contributed by atoms with Gasteiger partial charge < -0.3 is 5.32 Å². The zero-order chi connectivity index (χ0) is 14.3. The number of nitro groups is 1. The largest absolute Gasteiger partial charge is 0.324 e. The van der Waals surface area contributed by atoms with Gasteiger partial charge in [0, 0.05) is 18.1 Å². The summed E-state index contributed by atoms with van der Waals surface area (Å²) in [5.74, 6) is 1.12. The van der Waals surface area contributed by atoms with Crippen molar-refractivity contribution in [2.45, 2.75) is 25.7 Å². The number of rotatable bonds is 3. The summed E-state index contributed by atoms with van der Waals surface area (Å²) < 4.78 is 0. The van der Waals surface area contributed by atoms with E-state index in [1.54, 1.807) is 0 Å². The summed E-state index contributed by atoms with van der Waals surface area (Å²) in [7, 11) is 0. The van der Waals surface area contributed by atoms with E-state index in [4.69, 9.17) is 11.6 Å². The van der Waals surface area contributed by atoms with Crippen LogP contribution in [0.2, 0.25) is 5.02 Å². The molecule has 1 aromatic carbocycles. The predicted octanol–water partition coefficient (Wildman–Crippen LogP) is 3.62. The van der Waals surface area contributed by atoms with E-state index >= 15 is 0 Å². The van der Waals surface area contributed by atoms with Crippen LogP contribution in [0.4, 0.5) is 11.4 Å². The third-order valence-corrected chi connectivity index (χ3v) is 4.82. The van der Waals surface area contributed by atoms with E-state index in [9.17, 15) is 14.9 Å². The van der Waals surface area contributed by atoms with Crippen LogP contribution >= 0.6 is 11.6 Å². The van der Waals surface area contributed by atoms with Crippen molar-refractivity contribution in [3.05, 3.63) is 33.3 Å². The maximum Gasteiger partial charge on any atom is 0.271 e. The van der Waals surface area contributed by atoms with Crippen molar-refractivity contribution in [1.82, 2.24) is 0 Å². The van der Waals surface area contributed by atoms with Crippen LogP contribution in [-0.4, -0.2) is 10.8 Å². The summed E-state index contributed by atoms with van der Waals surface area (Å²) in [5.41, 5.74) is 0.256. The Balaban J connectivity index is 1.75. The van der Waals surface area contributed by atoms with Gasteiger partial charge in [0.2, 0.25) is 5.91 Å². The zero-order valence-electron chi connectivity index (χ0n) is 10.8. The van der Waals surface area contributed by atoms with E-state index in [0.717, 1.165) is 19.3 Å². The molecule has 0 aromatic heterocycles. The second-order valence-corrected chi connectivity index (χ2v) is 6.10. The van der Waals surface area contributed by atoms with E-state index in [2.05, 4.69) is 5.32 Å². The fourth-order valence-corrected chi connectivity index (χ4v) is 3.68. The molecular weight excluding hydrogens is 280 g/mol. The molecule has 0 aliphatic heterocycles. The number of carbonyl (C=O) groups is 1. The second-order valence-electron chi connectivity index (χ2n) is 5.69. The van der Waals surface area contributed by atoms with Crippen molar-refractivity contribution < 1.29 is 9.72 Å². The Kier molecular flexibility index (Phi) is 3.38. The van der Waals surface area contributed by atoms with Crippen LogP contribution in [0.1, 0.15) is 25.7 Å². The Morgan fingerprint density at radius 2 is 2.15 bits per heavy atom. The van der Waals surface area contributed by atoms with E-state index in [0.29, 0.717) is 22.5 Å². The number of anilines is 1. The molecule has 3 atom stereocenters. The first-order chi connectivity index (χ1) is 9.54. The molecule has 5 nitrogen and oxygen atoms in total. The number of amides is 1. The van der Waals surface area contributed by atoms with Gasteiger partial charge in [0.1, 0.15) is 0 Å². The fraction of sp³-hybridized carbons (Fsp3) is 0.500. The van der Waals surface area contributed by atoms with Gasteiger partial charge in [-0.1, -0.05) is 18.0 Å². The van der Waals surface area contributed by atoms with Crippen LogP contribution in [0.15, 0.2) is 18.2 Å². The molecule has 0 heterocycles. The lowest BCUT2D eigenvalue weighted by Crippen LogP contribution is -2.27. The summed E-state index contributed by atoms with van der Waals surface area (Å²) in [6, 6.07) is 4.08. The van der Waals surface area contributed by atoms with Gasteiger partial charge in [-0.3, -0.25) is 14.9 Å². The first kappa shape index (κ1) is 13.4. The lowest BCUT2D eigenvalue weighted by atomic mass is 9.88. The van der Waals surface area contributed by atoms with Crippen LogP contribution in [0.5, 0.6) is 0 Å². The lowest BCUT2D eigenvalue weighted by molar-refractivity contribution is -0.384. The minimum Gasteiger partial charge on any atom is -0.324 e. The molecule has 0 saturated heterocycles. The number of nitrogens with one attached hydrogen (secondary N) is 1. The van der Waals surface area contributed by atoms with E-state index in [-0.39, 0.29) is 17.5 Å². The minimum atomic E-state index is -0.497. The van der Waals surface area contributed by atoms with Crippen molar-refractivity contribution >= 4 is 28.9 Å². The first-order valence-corrected chi connectivity index (χ1v) is 7.17. The Labute approximate surface area is 121 Å². The van der Waals surface area contributed by atoms with Crippen LogP contribution in [-0.2, 0) is 4.79 Å². The molecule has 3 rings (SSSR count). The van der Waals surface area contributed by atoms with Crippen molar-refractivity contribution in [2.75, 3.05) is 5.32 Å². The molecule has 1 aromatic rings. The Bertz CT molecular complexity index is 576. The number of hydrogen-bond acceptors (Lipinski definition) is 3. The van der Waals surface area contributed by atoms with Gasteiger partial charge in [-0.2, -0.15) is 0 Å². The topological polar surface area (TPSA) is 72.2 Å². The van der Waals surface area contributed by atoms with E-state index in [1.165, 1.54) is 24.6 Å². The number of non-ortho nitro benzene ring substituents is 1. The summed E-state index contributed by atoms with van der Waals surface area (Å²) in [5, 5.41) is 13.8. The monoisotopic (exact) mass is 294 g/mol. The maximum atomic E-state index is 12.3. The van der Waals surface area contributed by atoms with Gasteiger partial charge >= 0.3 is 0 Å². The molecule has 20 heavy (non-hydrogen) atoms. The number of hydrogen-bond donors (Lipinski definition) is 1. The highest BCUT2D eigenvalue weighted by Gasteiger charge is 2.43. The summed E-state index contributed by atoms with van der Waals surface area (Å²) in [4.78, 5) is 22.6. The highest BCUT2D eigenvalue weighted by atomic mass is 35.5. The number of carbonyl (C=O) groups excluding carboxylic acids is 1. The molecule has 2 fully saturated rings. The van der Waals surface area contributed by atoms with Crippen molar-refractivity contribution in [3.63, 3.8) is 0 Å². The highest BCUT2D eigenvalue weighted by molar-refractivity contribution is 6.33. The zero-order valence-corrected chi connectivity index (χ0v) is 11.6. The number of nitro benzene ring substituents is 1. The SMILES string of the molecule is O=C(Nc1cc([N+](=O)[O-])ccc1Cl)[C@@H]1C[C@@H]2CC[C@@H]1C2. The van der Waals surface area contributed by atoms with Gasteiger partial charge in [0.05, 0.1) is 15.6 Å². The van der Waals surface area contributed by atoms with Crippen LogP contribution < -0.4 is 5.32 Å². The number of nitrogens with zero attached hydrogens (tertiary/aromatic N) is 1. The lowest BCUT2D eigenvalue weighted by Gasteiger charge is -2.21. The Morgan fingerprint density at radius 3 is 2.75 bits per heavy atom. The van der Waals surface area contributed by atoms with Gasteiger partial charge in [0.25, 0.3) is 5.69 Å². The van der Waals surface area contributed by atoms with Crippen LogP contribution in [0, 0.1) is 27.9 Å². The molecule has 0 radical (unpaired) electrons. The normalized spacial score (nSPS) is 27.6. The molecule has 1 amide bonds. The second kappa shape index (κ2) is 5.05. The van der Waals surface area contributed by atoms with Crippen molar-refractivity contribution in [3.8, 4) is 0 Å². The molecule has 0 spiro atoms. The quantitative estimate of drug-likeness (QED) is 0.683. The third kappa shape index (κ3) is 2.38. The molecule has 2 aliphatic carbocycles. The minimum absolute atomic E-state index is 0.0316. The number of halogens is 1. The highest BCUT2D eigenvalue weighted by Crippen LogP contribution is 2.48. The van der Waals surface area contributed by atoms with E-state index in [1.807, 2.05) is 0 Å². The van der Waals surface area contributed by atoms with Gasteiger partial charge in [-0.05, 0) is 37.2 Å². The predicted molar refractivity (Wildman–Crippen MR) is 75.7 cm³/mol. The summed E-state index contributed by atoms with van der Waals surface area (Å²) >= 11 is 5.99. The molecule has 2 aliphatic rings. The van der Waals surface area contributed by atoms with Crippen molar-refractivity contribution in [1.29, 1.82) is 0 Å². The van der Waals surface area contributed by atoms with Gasteiger partial charge in [-0.15, -0.1) is 0 Å². The van der Waals surface area contributed by atoms with Crippen LogP contribution in [0.3, 0.4) is 0 Å². The van der Waals surface area contributed by atoms with E-state index < -0.39 is 4.92 Å². The molecule has 0 unspecified atom stereocenters. The molecule has 106 valence electrons. The number of benzene rings is 1. The molecule has 2 saturated carbocycles. The average molecular weight is 295 g/mol. The van der Waals surface area contributed by atoms with Gasteiger partial charge in [0.15, 0.2) is 0 Å². The Morgan fingerprint density at radius 1 is 1.35 bits per heavy atom. The fourth-order valence-electron chi connectivity index (χ4n) is 3.51. The number of fused-ring (bicyclic) bond motifs is 2. The third-order valence-electron chi connectivity index (χ3n) is 4.49. The molecular formula is C14H15ClN2O3. The van der Waals surface area contributed by atoms with Crippen LogP contribution in [0.25, 0.3) is 0 Å². The summed E-state index contributed by atoms with van der Waals surface area (Å²) in [6.45, 7) is 0. The average Bonchev–Trinajstić information content (AvgIpc) is 3.03. The standard InChI is InChI=1S/C14H15ClN2O3/c15-12-4-3-10(17(19)20)7-13(12)16-14(18)11-6-8-1-2-9(11)5-8/h3-4,7-9,11H,1-2,5-6H2,(H,16,18)/t8-,9-,11-/m1/s1. The van der Waals surface area contributed by atoms with Gasteiger partial charge in [-0.25, -0.2) is 0 Å². The molecule has 1 N–H and O–H groups in total. The maximum absolute atomic E-state index is 12.3. The Hall–Kier alpha value is -1.62. The first-order valence-electron chi connectivity index (χ1n) is 6.79. The smallest absolute Gasteiger partial charge is 0.271 e. The molecule has 6 heteroatoms. The molecule has 2 bridgehead atoms. The van der Waals surface area contributed by atoms with Crippen molar-refractivity contribution in [2.24, 2.45) is 17.8 Å².